The molecule has 2 aliphatic heterocycles. The Morgan fingerprint density at radius 3 is 2.02 bits per heavy atom. The largest absolute Gasteiger partial charge is 0.479 e. The summed E-state index contributed by atoms with van der Waals surface area (Å²) in [5.74, 6) is -0.822. The lowest BCUT2D eigenvalue weighted by Gasteiger charge is -2.48. The van der Waals surface area contributed by atoms with Crippen LogP contribution in [-0.2, 0) is 42.1 Å². The van der Waals surface area contributed by atoms with Crippen molar-refractivity contribution >= 4 is 19.8 Å². The number of rotatable bonds is 29. The molecule has 60 heavy (non-hydrogen) atoms. The molecule has 0 bridgehead atoms. The molecule has 4 unspecified atom stereocenters. The first-order valence-electron chi connectivity index (χ1n) is 21.6. The first-order chi connectivity index (χ1) is 27.8. The van der Waals surface area contributed by atoms with Crippen molar-refractivity contribution in [3.63, 3.8) is 0 Å². The van der Waals surface area contributed by atoms with Crippen LogP contribution in [0, 0.1) is 29.1 Å². The molecule has 10 N–H and O–H groups in total. The molecule has 0 radical (unpaired) electrons. The van der Waals surface area contributed by atoms with E-state index in [1.807, 2.05) is 6.92 Å². The number of carboxylic acids is 2. The quantitative estimate of drug-likeness (QED) is 0.0380. The zero-order valence-electron chi connectivity index (χ0n) is 37.0. The average molecular weight is 888 g/mol. The predicted molar refractivity (Wildman–Crippen MR) is 219 cm³/mol. The molecule has 0 aromatic heterocycles. The molecular weight excluding hydrogens is 809 g/mol. The van der Waals surface area contributed by atoms with Gasteiger partial charge in [-0.25, -0.2) is 14.2 Å². The Morgan fingerprint density at radius 2 is 1.43 bits per heavy atom. The molecule has 0 spiro atoms. The van der Waals surface area contributed by atoms with Crippen LogP contribution in [0.5, 0.6) is 0 Å². The van der Waals surface area contributed by atoms with Crippen molar-refractivity contribution < 1.29 is 82.8 Å². The van der Waals surface area contributed by atoms with Gasteiger partial charge in [0.1, 0.15) is 36.1 Å². The molecule has 19 heteroatoms. The highest BCUT2D eigenvalue weighted by molar-refractivity contribution is 7.47. The Kier molecular flexibility index (Phi) is 23.0. The molecule has 2 aliphatic rings. The number of aliphatic hydroxyl groups excluding tert-OH is 4. The molecule has 15 atom stereocenters. The monoisotopic (exact) mass is 888 g/mol. The van der Waals surface area contributed by atoms with Gasteiger partial charge in [0.25, 0.3) is 0 Å². The van der Waals surface area contributed by atoms with Crippen molar-refractivity contribution in [2.45, 2.75) is 199 Å². The fourth-order valence-electron chi connectivity index (χ4n) is 7.56. The molecular formula is C41H78NO17P. The van der Waals surface area contributed by atoms with Gasteiger partial charge in [-0.1, -0.05) is 106 Å². The number of ether oxygens (including phenoxy) is 4. The van der Waals surface area contributed by atoms with Gasteiger partial charge in [-0.3, -0.25) is 9.05 Å². The summed E-state index contributed by atoms with van der Waals surface area (Å²) in [6.07, 6.45) is -3.59. The van der Waals surface area contributed by atoms with Crippen LogP contribution in [0.2, 0.25) is 0 Å². The van der Waals surface area contributed by atoms with Crippen LogP contribution in [0.4, 0.5) is 0 Å². The lowest BCUT2D eigenvalue weighted by atomic mass is 9.79. The van der Waals surface area contributed by atoms with Crippen LogP contribution in [0.1, 0.15) is 132 Å². The van der Waals surface area contributed by atoms with Crippen LogP contribution in [0.3, 0.4) is 0 Å². The van der Waals surface area contributed by atoms with E-state index in [0.29, 0.717) is 12.3 Å². The predicted octanol–water partition coefficient (Wildman–Crippen LogP) is 3.93. The molecule has 2 heterocycles. The summed E-state index contributed by atoms with van der Waals surface area (Å²) in [6, 6.07) is -1.55. The number of aliphatic carboxylic acids is 2. The molecule has 0 aromatic carbocycles. The number of carboxylic acid groups (broad SMARTS) is 2. The Morgan fingerprint density at radius 1 is 0.833 bits per heavy atom. The maximum Gasteiger partial charge on any atom is 0.474 e. The maximum absolute atomic E-state index is 13.1. The van der Waals surface area contributed by atoms with Gasteiger partial charge in [-0.05, 0) is 55.3 Å². The molecule has 18 nitrogen and oxygen atoms in total. The third-order valence-electron chi connectivity index (χ3n) is 12.0. The van der Waals surface area contributed by atoms with E-state index < -0.39 is 99.9 Å². The molecule has 2 saturated heterocycles. The van der Waals surface area contributed by atoms with Gasteiger partial charge in [0.05, 0.1) is 19.3 Å². The summed E-state index contributed by atoms with van der Waals surface area (Å²) < 4.78 is 44.7. The number of phosphoric acid groups is 1. The summed E-state index contributed by atoms with van der Waals surface area (Å²) in [7, 11) is -5.37. The molecule has 0 aliphatic carbocycles. The highest BCUT2D eigenvalue weighted by atomic mass is 31.2. The first-order valence-corrected chi connectivity index (χ1v) is 23.1. The van der Waals surface area contributed by atoms with Crippen molar-refractivity contribution in [3.8, 4) is 0 Å². The molecule has 2 rings (SSSR count). The van der Waals surface area contributed by atoms with Gasteiger partial charge in [-0.2, -0.15) is 0 Å². The van der Waals surface area contributed by atoms with E-state index in [-0.39, 0.29) is 17.9 Å². The number of phosphoric ester groups is 1. The van der Waals surface area contributed by atoms with Crippen LogP contribution in [0.25, 0.3) is 0 Å². The van der Waals surface area contributed by atoms with Crippen LogP contribution < -0.4 is 5.73 Å². The minimum Gasteiger partial charge on any atom is -0.479 e. The Labute approximate surface area is 356 Å². The van der Waals surface area contributed by atoms with Crippen molar-refractivity contribution in [2.24, 2.45) is 34.8 Å². The van der Waals surface area contributed by atoms with Crippen molar-refractivity contribution in [1.82, 2.24) is 0 Å². The number of unbranched alkanes of at least 4 members (excludes halogenated alkanes) is 1. The van der Waals surface area contributed by atoms with Crippen LogP contribution in [0.15, 0.2) is 0 Å². The van der Waals surface area contributed by atoms with E-state index in [0.717, 1.165) is 44.4 Å². The third-order valence-corrected chi connectivity index (χ3v) is 12.9. The summed E-state index contributed by atoms with van der Waals surface area (Å²) >= 11 is 0. The highest BCUT2D eigenvalue weighted by Crippen LogP contribution is 2.48. The second-order valence-corrected chi connectivity index (χ2v) is 20.2. The Bertz CT molecular complexity index is 1320. The summed E-state index contributed by atoms with van der Waals surface area (Å²) in [4.78, 5) is 34.5. The van der Waals surface area contributed by atoms with Crippen molar-refractivity contribution in [2.75, 3.05) is 19.8 Å². The topological polar surface area (TPSA) is 294 Å². The molecule has 0 aromatic rings. The van der Waals surface area contributed by atoms with Gasteiger partial charge in [0.2, 0.25) is 0 Å². The number of aliphatic hydroxyl groups is 5. The number of nitrogens with two attached hydrogens (primary N) is 1. The molecule has 2 fully saturated rings. The fraction of sp³-hybridized carbons (Fsp3) is 0.951. The Balaban J connectivity index is 1.86. The molecule has 0 amide bonds. The number of hydrogen-bond acceptors (Lipinski definition) is 15. The lowest BCUT2D eigenvalue weighted by Crippen LogP contribution is -2.70. The summed E-state index contributed by atoms with van der Waals surface area (Å²) in [6.45, 7) is 15.1. The molecule has 0 saturated carbocycles. The van der Waals surface area contributed by atoms with E-state index >= 15 is 0 Å². The second-order valence-electron chi connectivity index (χ2n) is 18.8. The van der Waals surface area contributed by atoms with Gasteiger partial charge in [-0.15, -0.1) is 0 Å². The normalized spacial score (nSPS) is 32.0. The van der Waals surface area contributed by atoms with E-state index in [4.69, 9.17) is 33.7 Å². The van der Waals surface area contributed by atoms with E-state index in [9.17, 15) is 54.8 Å². The SMILES string of the molecule is CC(C)CCCC(C)CCC(C)CCC(C)(C)CCCCC(C)CCO[C@@H](COP(=O)(O)O[C@H]1O[C@H](C(=O)O)[C@@](C)(O)[C@H](O)[C@H]1O[C@@H]1O[C@H](CO)[C@@H](O)[C@H](O)[C@H]1N)C(=O)O. The minimum atomic E-state index is -5.37. The number of carbonyl (C=O) groups is 2. The van der Waals surface area contributed by atoms with E-state index in [1.54, 1.807) is 0 Å². The summed E-state index contributed by atoms with van der Waals surface area (Å²) in [5.41, 5.74) is 3.55. The van der Waals surface area contributed by atoms with E-state index in [2.05, 4.69) is 41.5 Å². The van der Waals surface area contributed by atoms with Crippen LogP contribution in [-0.4, -0.2) is 139 Å². The smallest absolute Gasteiger partial charge is 0.474 e. The van der Waals surface area contributed by atoms with Gasteiger partial charge >= 0.3 is 19.8 Å². The first kappa shape index (κ1) is 54.8. The summed E-state index contributed by atoms with van der Waals surface area (Å²) in [5, 5.41) is 71.3. The zero-order chi connectivity index (χ0) is 45.6. The average Bonchev–Trinajstić information content (AvgIpc) is 3.15. The van der Waals surface area contributed by atoms with Gasteiger partial charge in [0, 0.05) is 6.61 Å². The van der Waals surface area contributed by atoms with Gasteiger partial charge < -0.3 is 65.3 Å². The Hall–Kier alpha value is -1.35. The van der Waals surface area contributed by atoms with Gasteiger partial charge in [0.15, 0.2) is 24.8 Å². The lowest BCUT2D eigenvalue weighted by molar-refractivity contribution is -0.353. The van der Waals surface area contributed by atoms with Crippen LogP contribution >= 0.6 is 7.82 Å². The number of hydrogen-bond donors (Lipinski definition) is 9. The second kappa shape index (κ2) is 25.2. The van der Waals surface area contributed by atoms with Crippen molar-refractivity contribution in [3.05, 3.63) is 0 Å². The maximum atomic E-state index is 13.1. The minimum absolute atomic E-state index is 0.0120. The fourth-order valence-corrected chi connectivity index (χ4v) is 8.38. The highest BCUT2D eigenvalue weighted by Gasteiger charge is 2.59. The molecule has 354 valence electrons. The third kappa shape index (κ3) is 18.0. The zero-order valence-corrected chi connectivity index (χ0v) is 37.9. The standard InChI is InChI=1S/C41H78NO17P/c1-24(2)12-11-14-25(3)15-16-27(5)17-20-40(6,7)19-10-9-13-26(4)18-21-54-29(36(47)48)23-55-60(52,53)59-39-33(34(46)41(8,51)35(58-39)37(49)50)57-38-30(42)32(45)31(44)28(22-43)56-38/h24-35,38-39,43-46,51H,9-23,42H2,1-8H3,(H,47,48)(H,49,50)(H,52,53)/t25?,26?,27?,28-,29+,30-,31-,32-,33-,34-,35-,38+,39-,41+/m1/s1. The van der Waals surface area contributed by atoms with Crippen molar-refractivity contribution in [1.29, 1.82) is 0 Å². The van der Waals surface area contributed by atoms with E-state index in [1.165, 1.54) is 44.9 Å².